The number of amides is 8. The number of aliphatic carboxylic acids is 1. The second-order valence-electron chi connectivity index (χ2n) is 17.2. The molecular formula is C49H73F2N7O20. The number of halogens is 2. The van der Waals surface area contributed by atoms with Crippen LogP contribution in [0.2, 0.25) is 0 Å². The van der Waals surface area contributed by atoms with Crippen LogP contribution in [0.25, 0.3) is 0 Å². The second kappa shape index (κ2) is 37.5. The Morgan fingerprint density at radius 3 is 1.58 bits per heavy atom. The van der Waals surface area contributed by atoms with Crippen LogP contribution in [0, 0.1) is 0 Å². The summed E-state index contributed by atoms with van der Waals surface area (Å²) in [5.41, 5.74) is -2.72. The first kappa shape index (κ1) is 66.0. The molecule has 1 aromatic carbocycles. The third kappa shape index (κ3) is 25.9. The minimum Gasteiger partial charge on any atom is -0.479 e. The molecule has 6 N–H and O–H groups in total. The maximum Gasteiger partial charge on any atom is 0.409 e. The lowest BCUT2D eigenvalue weighted by molar-refractivity contribution is -0.151. The van der Waals surface area contributed by atoms with Gasteiger partial charge in [0.25, 0.3) is 24.1 Å². The van der Waals surface area contributed by atoms with Gasteiger partial charge in [-0.3, -0.25) is 38.5 Å². The summed E-state index contributed by atoms with van der Waals surface area (Å²) in [7, 11) is 0. The SMILES string of the molecule is C[C@H](NC(=O)CCOCCOCCOCCOCCOCCOCCOCCOCCNC(=O)CCN1C(=O)C=CC1=O)C(=O)N[C@@H](C)C(=O)Nc1ccc(C(OC(=O)NC(C)(C(=O)O)C(F)F)C(=O)N2CCOCC2)cc1. The topological polar surface area (TPSA) is 333 Å². The van der Waals surface area contributed by atoms with E-state index in [4.69, 9.17) is 47.4 Å². The van der Waals surface area contributed by atoms with Gasteiger partial charge in [0.1, 0.15) is 12.1 Å². The van der Waals surface area contributed by atoms with Gasteiger partial charge in [0.05, 0.1) is 119 Å². The van der Waals surface area contributed by atoms with E-state index in [1.54, 1.807) is 5.32 Å². The number of alkyl halides is 2. The molecule has 3 rings (SSSR count). The number of alkyl carbamates (subject to hydrolysis) is 1. The molecular weight excluding hydrogens is 1040 g/mol. The van der Waals surface area contributed by atoms with Crippen molar-refractivity contribution in [1.29, 1.82) is 0 Å². The van der Waals surface area contributed by atoms with Crippen LogP contribution in [-0.2, 0) is 85.7 Å². The van der Waals surface area contributed by atoms with Gasteiger partial charge in [-0.05, 0) is 32.9 Å². The monoisotopic (exact) mass is 1120 g/mol. The van der Waals surface area contributed by atoms with Gasteiger partial charge in [0.15, 0.2) is 5.54 Å². The van der Waals surface area contributed by atoms with Crippen molar-refractivity contribution in [3.8, 4) is 0 Å². The second-order valence-corrected chi connectivity index (χ2v) is 17.2. The third-order valence-electron chi connectivity index (χ3n) is 11.1. The molecule has 27 nitrogen and oxygen atoms in total. The highest BCUT2D eigenvalue weighted by atomic mass is 19.3. The number of carboxylic acids is 1. The van der Waals surface area contributed by atoms with Crippen LogP contribution in [0.3, 0.4) is 0 Å². The van der Waals surface area contributed by atoms with Gasteiger partial charge in [-0.15, -0.1) is 0 Å². The van der Waals surface area contributed by atoms with Crippen LogP contribution < -0.4 is 26.6 Å². The van der Waals surface area contributed by atoms with Crippen molar-refractivity contribution in [2.24, 2.45) is 0 Å². The number of imide groups is 1. The molecule has 2 aliphatic rings. The summed E-state index contributed by atoms with van der Waals surface area (Å²) in [5, 5.41) is 21.2. The van der Waals surface area contributed by atoms with Crippen molar-refractivity contribution in [2.75, 3.05) is 150 Å². The van der Waals surface area contributed by atoms with Crippen LogP contribution in [0.5, 0.6) is 0 Å². The van der Waals surface area contributed by atoms with Gasteiger partial charge in [-0.25, -0.2) is 18.4 Å². The number of carbonyl (C=O) groups excluding carboxylic acids is 8. The van der Waals surface area contributed by atoms with E-state index in [0.29, 0.717) is 99.4 Å². The average Bonchev–Trinajstić information content (AvgIpc) is 3.75. The number of benzene rings is 1. The molecule has 0 spiro atoms. The van der Waals surface area contributed by atoms with E-state index in [9.17, 15) is 57.0 Å². The van der Waals surface area contributed by atoms with Gasteiger partial charge in [0.2, 0.25) is 29.7 Å². The van der Waals surface area contributed by atoms with Crippen molar-refractivity contribution in [1.82, 2.24) is 31.1 Å². The molecule has 438 valence electrons. The molecule has 1 saturated heterocycles. The van der Waals surface area contributed by atoms with Crippen molar-refractivity contribution in [3.63, 3.8) is 0 Å². The van der Waals surface area contributed by atoms with Gasteiger partial charge in [0, 0.05) is 62.4 Å². The summed E-state index contributed by atoms with van der Waals surface area (Å²) in [6.07, 6.45) is -4.45. The first-order valence-electron chi connectivity index (χ1n) is 25.2. The standard InChI is InChI=1S/C49H73F2N7O20/c1-34(43(63)54-35(2)44(64)55-37-6-4-36(5-7-37)42(45(65)57-14-18-71-19-15-57)78-48(68)56-49(3,46(50)51)47(66)67)53-39(60)11-16-69-20-22-72-24-26-74-28-30-76-32-33-77-31-29-75-27-25-73-23-21-70-17-12-52-38(59)10-13-58-40(61)8-9-41(58)62/h4-9,34-35,42,46H,10-33H2,1-3H3,(H,52,59)(H,53,60)(H,54,63)(H,55,64)(H,56,68)(H,66,67)/t34-,35-,42?,49?/m0/s1. The molecule has 78 heavy (non-hydrogen) atoms. The largest absolute Gasteiger partial charge is 0.479 e. The Morgan fingerprint density at radius 2 is 1.10 bits per heavy atom. The highest BCUT2D eigenvalue weighted by Crippen LogP contribution is 2.25. The van der Waals surface area contributed by atoms with Crippen LogP contribution in [0.15, 0.2) is 36.4 Å². The van der Waals surface area contributed by atoms with Crippen molar-refractivity contribution in [3.05, 3.63) is 42.0 Å². The number of carboxylic acid groups (broad SMARTS) is 1. The summed E-state index contributed by atoms with van der Waals surface area (Å²) in [5.74, 6) is -5.63. The number of hydrogen-bond acceptors (Lipinski definition) is 19. The molecule has 8 amide bonds. The quantitative estimate of drug-likeness (QED) is 0.0350. The van der Waals surface area contributed by atoms with Crippen molar-refractivity contribution < 1.29 is 104 Å². The normalized spacial score (nSPS) is 15.3. The smallest absolute Gasteiger partial charge is 0.409 e. The van der Waals surface area contributed by atoms with Gasteiger partial charge in [-0.1, -0.05) is 12.1 Å². The Bertz CT molecular complexity index is 2070. The maximum atomic E-state index is 13.5. The van der Waals surface area contributed by atoms with E-state index in [0.717, 1.165) is 4.90 Å². The number of hydrogen-bond donors (Lipinski definition) is 6. The minimum absolute atomic E-state index is 0.0217. The van der Waals surface area contributed by atoms with E-state index < -0.39 is 77.7 Å². The summed E-state index contributed by atoms with van der Waals surface area (Å²) in [4.78, 5) is 113. The van der Waals surface area contributed by atoms with Crippen LogP contribution >= 0.6 is 0 Å². The predicted octanol–water partition coefficient (Wildman–Crippen LogP) is -0.677. The van der Waals surface area contributed by atoms with Crippen LogP contribution in [0.4, 0.5) is 19.3 Å². The van der Waals surface area contributed by atoms with E-state index in [2.05, 4.69) is 21.3 Å². The fourth-order valence-electron chi connectivity index (χ4n) is 6.56. The van der Waals surface area contributed by atoms with E-state index >= 15 is 0 Å². The molecule has 0 aromatic heterocycles. The molecule has 4 atom stereocenters. The molecule has 2 heterocycles. The highest BCUT2D eigenvalue weighted by Gasteiger charge is 2.46. The summed E-state index contributed by atoms with van der Waals surface area (Å²) < 4.78 is 81.1. The number of nitrogens with one attached hydrogen (secondary N) is 5. The Kier molecular flexibility index (Phi) is 31.7. The maximum absolute atomic E-state index is 13.5. The fraction of sp³-hybridized carbons (Fsp3) is 0.653. The molecule has 0 saturated carbocycles. The highest BCUT2D eigenvalue weighted by molar-refractivity contribution is 6.13. The zero-order chi connectivity index (χ0) is 57.1. The lowest BCUT2D eigenvalue weighted by Gasteiger charge is -2.31. The lowest BCUT2D eigenvalue weighted by Crippen LogP contribution is -2.57. The molecule has 0 aliphatic carbocycles. The van der Waals surface area contributed by atoms with E-state index in [1.165, 1.54) is 55.2 Å². The lowest BCUT2D eigenvalue weighted by atomic mass is 10.0. The van der Waals surface area contributed by atoms with Crippen LogP contribution in [-0.4, -0.2) is 237 Å². The number of rotatable bonds is 41. The molecule has 29 heteroatoms. The predicted molar refractivity (Wildman–Crippen MR) is 267 cm³/mol. The average molecular weight is 1120 g/mol. The summed E-state index contributed by atoms with van der Waals surface area (Å²) in [6.45, 7) is 9.72. The fourth-order valence-corrected chi connectivity index (χ4v) is 6.56. The Hall–Kier alpha value is -6.31. The van der Waals surface area contributed by atoms with Crippen molar-refractivity contribution in [2.45, 2.75) is 63.8 Å². The Balaban J connectivity index is 1.12. The molecule has 2 aliphatic heterocycles. The molecule has 2 unspecified atom stereocenters. The zero-order valence-corrected chi connectivity index (χ0v) is 44.1. The first-order valence-corrected chi connectivity index (χ1v) is 25.2. The van der Waals surface area contributed by atoms with Gasteiger partial charge < -0.3 is 84.0 Å². The van der Waals surface area contributed by atoms with Gasteiger partial charge in [-0.2, -0.15) is 0 Å². The Morgan fingerprint density at radius 1 is 0.641 bits per heavy atom. The van der Waals surface area contributed by atoms with Crippen LogP contribution in [0.1, 0.15) is 45.3 Å². The molecule has 1 fully saturated rings. The Labute approximate surface area is 449 Å². The summed E-state index contributed by atoms with van der Waals surface area (Å²) in [6, 6.07) is 3.32. The van der Waals surface area contributed by atoms with E-state index in [1.807, 2.05) is 0 Å². The first-order chi connectivity index (χ1) is 37.4. The molecule has 0 bridgehead atoms. The molecule has 1 aromatic rings. The number of morpholine rings is 1. The zero-order valence-electron chi connectivity index (χ0n) is 44.1. The number of ether oxygens (including phenoxy) is 10. The van der Waals surface area contributed by atoms with Gasteiger partial charge >= 0.3 is 12.1 Å². The number of carbonyl (C=O) groups is 9. The van der Waals surface area contributed by atoms with E-state index in [-0.39, 0.29) is 82.7 Å². The third-order valence-corrected chi connectivity index (χ3v) is 11.1. The summed E-state index contributed by atoms with van der Waals surface area (Å²) >= 11 is 0. The minimum atomic E-state index is -3.51. The number of nitrogens with zero attached hydrogens (tertiary/aromatic N) is 2. The molecule has 0 radical (unpaired) electrons. The van der Waals surface area contributed by atoms with Crippen molar-refractivity contribution >= 4 is 59.1 Å². The number of anilines is 1.